The van der Waals surface area contributed by atoms with Gasteiger partial charge in [-0.2, -0.15) is 0 Å². The summed E-state index contributed by atoms with van der Waals surface area (Å²) in [4.78, 5) is 13.7. The Morgan fingerprint density at radius 1 is 1.50 bits per heavy atom. The van der Waals surface area contributed by atoms with Crippen molar-refractivity contribution in [2.75, 3.05) is 24.3 Å². The summed E-state index contributed by atoms with van der Waals surface area (Å²) in [5, 5.41) is 30.8. The minimum Gasteiger partial charge on any atom is -0.394 e. The minimum absolute atomic E-state index is 0.00803. The van der Waals surface area contributed by atoms with Gasteiger partial charge in [-0.3, -0.25) is 10.1 Å². The lowest BCUT2D eigenvalue weighted by Gasteiger charge is -2.13. The first-order valence-corrected chi connectivity index (χ1v) is 4.47. The average Bonchev–Trinajstić information content (AvgIpc) is 2.25. The number of hydrogen-bond donors (Lipinski definition) is 4. The number of nitrogens with two attached hydrogens (primary N) is 1. The second kappa shape index (κ2) is 5.24. The molecule has 1 aromatic rings. The summed E-state index contributed by atoms with van der Waals surface area (Å²) in [6.07, 6.45) is 0. The number of aliphatic hydroxyl groups excluding tert-OH is 2. The fourth-order valence-corrected chi connectivity index (χ4v) is 1.07. The lowest BCUT2D eigenvalue weighted by atomic mass is 10.3. The van der Waals surface area contributed by atoms with E-state index >= 15 is 0 Å². The molecule has 1 heterocycles. The van der Waals surface area contributed by atoms with Gasteiger partial charge in [0, 0.05) is 0 Å². The molecule has 1 rings (SSSR count). The van der Waals surface area contributed by atoms with Crippen molar-refractivity contribution in [1.29, 1.82) is 0 Å². The van der Waals surface area contributed by atoms with Gasteiger partial charge in [0.05, 0.1) is 36.3 Å². The van der Waals surface area contributed by atoms with E-state index in [2.05, 4.69) is 10.3 Å². The van der Waals surface area contributed by atoms with Crippen LogP contribution in [0.25, 0.3) is 0 Å². The Morgan fingerprint density at radius 2 is 2.12 bits per heavy atom. The summed E-state index contributed by atoms with van der Waals surface area (Å²) in [6, 6.07) is 1.67. The highest BCUT2D eigenvalue weighted by Crippen LogP contribution is 2.19. The molecule has 1 aromatic heterocycles. The average molecular weight is 228 g/mol. The van der Waals surface area contributed by atoms with Gasteiger partial charge in [0.1, 0.15) is 11.6 Å². The van der Waals surface area contributed by atoms with Crippen molar-refractivity contribution >= 4 is 17.3 Å². The molecule has 0 fully saturated rings. The molecule has 0 unspecified atom stereocenters. The largest absolute Gasteiger partial charge is 0.394 e. The van der Waals surface area contributed by atoms with Gasteiger partial charge >= 0.3 is 0 Å². The molecule has 0 aliphatic heterocycles. The van der Waals surface area contributed by atoms with Crippen LogP contribution < -0.4 is 11.1 Å². The van der Waals surface area contributed by atoms with E-state index in [0.717, 1.165) is 6.07 Å². The van der Waals surface area contributed by atoms with E-state index in [9.17, 15) is 10.1 Å². The van der Waals surface area contributed by atoms with Gasteiger partial charge < -0.3 is 21.3 Å². The van der Waals surface area contributed by atoms with Gasteiger partial charge in [-0.1, -0.05) is 0 Å². The van der Waals surface area contributed by atoms with Gasteiger partial charge in [0.25, 0.3) is 5.69 Å². The molecular formula is C8H12N4O4. The SMILES string of the molecule is Nc1cc([N+](=O)[O-])cc(NC(CO)CO)n1. The summed E-state index contributed by atoms with van der Waals surface area (Å²) in [5.74, 6) is 0.131. The zero-order valence-corrected chi connectivity index (χ0v) is 8.33. The Morgan fingerprint density at radius 3 is 2.62 bits per heavy atom. The maximum Gasteiger partial charge on any atom is 0.276 e. The summed E-state index contributed by atoms with van der Waals surface area (Å²) in [5.41, 5.74) is 5.17. The van der Waals surface area contributed by atoms with Crippen molar-refractivity contribution in [2.45, 2.75) is 6.04 Å². The molecule has 8 nitrogen and oxygen atoms in total. The molecule has 0 aliphatic carbocycles. The number of nitrogen functional groups attached to an aromatic ring is 1. The van der Waals surface area contributed by atoms with Crippen LogP contribution in [0.4, 0.5) is 17.3 Å². The number of nitrogens with zero attached hydrogens (tertiary/aromatic N) is 2. The molecule has 0 atom stereocenters. The molecule has 0 saturated heterocycles. The second-order valence-corrected chi connectivity index (χ2v) is 3.10. The van der Waals surface area contributed by atoms with Crippen LogP contribution >= 0.6 is 0 Å². The van der Waals surface area contributed by atoms with Crippen molar-refractivity contribution in [3.63, 3.8) is 0 Å². The highest BCUT2D eigenvalue weighted by molar-refractivity contribution is 5.53. The number of nitrogens with one attached hydrogen (secondary N) is 1. The zero-order valence-electron chi connectivity index (χ0n) is 8.33. The molecule has 5 N–H and O–H groups in total. The van der Waals surface area contributed by atoms with E-state index in [-0.39, 0.29) is 30.5 Å². The number of aliphatic hydroxyl groups is 2. The predicted octanol–water partition coefficient (Wildman–Crippen LogP) is -0.663. The van der Waals surface area contributed by atoms with E-state index in [0.29, 0.717) is 0 Å². The molecule has 0 bridgehead atoms. The lowest BCUT2D eigenvalue weighted by Crippen LogP contribution is -2.28. The quantitative estimate of drug-likeness (QED) is 0.388. The number of anilines is 2. The smallest absolute Gasteiger partial charge is 0.276 e. The molecule has 0 spiro atoms. The number of pyridine rings is 1. The Kier molecular flexibility index (Phi) is 3.97. The number of aromatic nitrogens is 1. The Balaban J connectivity index is 2.91. The first-order valence-electron chi connectivity index (χ1n) is 4.47. The number of hydrogen-bond acceptors (Lipinski definition) is 7. The topological polar surface area (TPSA) is 135 Å². The van der Waals surface area contributed by atoms with Crippen LogP contribution in [0.1, 0.15) is 0 Å². The van der Waals surface area contributed by atoms with Crippen molar-refractivity contribution in [3.8, 4) is 0 Å². The minimum atomic E-state index is -0.631. The predicted molar refractivity (Wildman–Crippen MR) is 56.9 cm³/mol. The molecule has 0 aromatic carbocycles. The molecule has 88 valence electrons. The third kappa shape index (κ3) is 3.04. The molecule has 0 saturated carbocycles. The van der Waals surface area contributed by atoms with Crippen LogP contribution in [-0.2, 0) is 0 Å². The van der Waals surface area contributed by atoms with Crippen LogP contribution in [0.15, 0.2) is 12.1 Å². The maximum absolute atomic E-state index is 10.5. The summed E-state index contributed by atoms with van der Waals surface area (Å²) >= 11 is 0. The van der Waals surface area contributed by atoms with Gasteiger partial charge in [-0.15, -0.1) is 0 Å². The third-order valence-corrected chi connectivity index (χ3v) is 1.83. The molecular weight excluding hydrogens is 216 g/mol. The molecule has 0 aliphatic rings. The third-order valence-electron chi connectivity index (χ3n) is 1.83. The Bertz CT molecular complexity index is 380. The number of nitro groups is 1. The van der Waals surface area contributed by atoms with Crippen molar-refractivity contribution in [1.82, 2.24) is 4.98 Å². The highest BCUT2D eigenvalue weighted by Gasteiger charge is 2.12. The molecule has 0 amide bonds. The van der Waals surface area contributed by atoms with Crippen LogP contribution in [0.2, 0.25) is 0 Å². The molecule has 0 radical (unpaired) electrons. The van der Waals surface area contributed by atoms with E-state index in [1.807, 2.05) is 0 Å². The normalized spacial score (nSPS) is 10.4. The Labute approximate surface area is 90.9 Å². The van der Waals surface area contributed by atoms with Crippen LogP contribution in [0.3, 0.4) is 0 Å². The molecule has 8 heteroatoms. The van der Waals surface area contributed by atoms with Crippen molar-refractivity contribution in [3.05, 3.63) is 22.2 Å². The van der Waals surface area contributed by atoms with Crippen molar-refractivity contribution < 1.29 is 15.1 Å². The van der Waals surface area contributed by atoms with Crippen LogP contribution in [0, 0.1) is 10.1 Å². The van der Waals surface area contributed by atoms with Gasteiger partial charge in [0.2, 0.25) is 0 Å². The zero-order chi connectivity index (χ0) is 12.1. The van der Waals surface area contributed by atoms with Crippen molar-refractivity contribution in [2.24, 2.45) is 0 Å². The monoisotopic (exact) mass is 228 g/mol. The first kappa shape index (κ1) is 12.1. The lowest BCUT2D eigenvalue weighted by molar-refractivity contribution is -0.384. The van der Waals surface area contributed by atoms with E-state index in [4.69, 9.17) is 15.9 Å². The fraction of sp³-hybridized carbons (Fsp3) is 0.375. The first-order chi connectivity index (χ1) is 7.56. The molecule has 16 heavy (non-hydrogen) atoms. The van der Waals surface area contributed by atoms with Gasteiger partial charge in [-0.05, 0) is 0 Å². The van der Waals surface area contributed by atoms with Gasteiger partial charge in [0.15, 0.2) is 0 Å². The van der Waals surface area contributed by atoms with E-state index in [1.54, 1.807) is 0 Å². The highest BCUT2D eigenvalue weighted by atomic mass is 16.6. The standard InChI is InChI=1S/C8H12N4O4/c9-7-1-6(12(15)16)2-8(11-7)10-5(3-13)4-14/h1-2,5,13-14H,3-4H2,(H3,9,10,11). The van der Waals surface area contributed by atoms with Crippen LogP contribution in [0.5, 0.6) is 0 Å². The number of rotatable bonds is 5. The summed E-state index contributed by atoms with van der Waals surface area (Å²) < 4.78 is 0. The Hall–Kier alpha value is -1.93. The van der Waals surface area contributed by atoms with E-state index in [1.165, 1.54) is 6.07 Å². The van der Waals surface area contributed by atoms with E-state index < -0.39 is 11.0 Å². The second-order valence-electron chi connectivity index (χ2n) is 3.10. The summed E-state index contributed by atoms with van der Waals surface area (Å²) in [7, 11) is 0. The summed E-state index contributed by atoms with van der Waals surface area (Å²) in [6.45, 7) is -0.637. The maximum atomic E-state index is 10.5. The van der Waals surface area contributed by atoms with Gasteiger partial charge in [-0.25, -0.2) is 4.98 Å². The fourth-order valence-electron chi connectivity index (χ4n) is 1.07. The van der Waals surface area contributed by atoms with Crippen LogP contribution in [-0.4, -0.2) is 39.4 Å².